The molecule has 0 aliphatic carbocycles. The Labute approximate surface area is 121 Å². The number of fused-ring (bicyclic) bond motifs is 1. The summed E-state index contributed by atoms with van der Waals surface area (Å²) in [7, 11) is 0. The van der Waals surface area contributed by atoms with Crippen molar-refractivity contribution in [3.8, 4) is 5.75 Å². The van der Waals surface area contributed by atoms with Gasteiger partial charge in [-0.3, -0.25) is 4.79 Å². The summed E-state index contributed by atoms with van der Waals surface area (Å²) in [6.45, 7) is 1.17. The lowest BCUT2D eigenvalue weighted by Crippen LogP contribution is -2.32. The number of para-hydroxylation sites is 2. The number of benzene rings is 1. The minimum atomic E-state index is -0.202. The zero-order valence-electron chi connectivity index (χ0n) is 10.6. The van der Waals surface area contributed by atoms with Gasteiger partial charge in [0.05, 0.1) is 24.7 Å². The number of hydrogen-bond acceptors (Lipinski definition) is 4. The van der Waals surface area contributed by atoms with Gasteiger partial charge in [-0.1, -0.05) is 23.7 Å². The fraction of sp³-hybridized carbons (Fsp3) is 0.214. The molecular formula is C14H12ClN3O2. The van der Waals surface area contributed by atoms with E-state index in [0.717, 1.165) is 12.1 Å². The van der Waals surface area contributed by atoms with Gasteiger partial charge in [-0.25, -0.2) is 9.97 Å². The molecule has 1 aliphatic rings. The highest BCUT2D eigenvalue weighted by Gasteiger charge is 2.23. The quantitative estimate of drug-likeness (QED) is 0.809. The first-order chi connectivity index (χ1) is 9.75. The normalized spacial score (nSPS) is 14.2. The summed E-state index contributed by atoms with van der Waals surface area (Å²) >= 11 is 5.69. The molecule has 0 saturated carbocycles. The molecule has 1 aromatic heterocycles. The van der Waals surface area contributed by atoms with Crippen LogP contribution in [0.3, 0.4) is 0 Å². The Morgan fingerprint density at radius 3 is 2.90 bits per heavy atom. The second-order valence-corrected chi connectivity index (χ2v) is 4.74. The predicted octanol–water partition coefficient (Wildman–Crippen LogP) is 2.56. The molecule has 1 aromatic carbocycles. The fourth-order valence-electron chi connectivity index (χ4n) is 2.10. The summed E-state index contributed by atoms with van der Waals surface area (Å²) in [4.78, 5) is 22.1. The third-order valence-electron chi connectivity index (χ3n) is 3.02. The van der Waals surface area contributed by atoms with Gasteiger partial charge < -0.3 is 9.64 Å². The Bertz CT molecular complexity index is 631. The van der Waals surface area contributed by atoms with Gasteiger partial charge in [0.1, 0.15) is 16.6 Å². The minimum Gasteiger partial charge on any atom is -0.491 e. The Kier molecular flexibility index (Phi) is 3.52. The van der Waals surface area contributed by atoms with Gasteiger partial charge >= 0.3 is 0 Å². The molecule has 102 valence electrons. The van der Waals surface area contributed by atoms with Crippen molar-refractivity contribution in [3.05, 3.63) is 47.5 Å². The summed E-state index contributed by atoms with van der Waals surface area (Å²) in [5.74, 6) is 0.507. The molecule has 0 unspecified atom stereocenters. The van der Waals surface area contributed by atoms with Gasteiger partial charge in [0.2, 0.25) is 0 Å². The van der Waals surface area contributed by atoms with Crippen LogP contribution in [0.15, 0.2) is 36.7 Å². The molecule has 20 heavy (non-hydrogen) atoms. The van der Waals surface area contributed by atoms with Crippen LogP contribution < -0.4 is 9.64 Å². The van der Waals surface area contributed by atoms with Crippen LogP contribution in [0, 0.1) is 0 Å². The van der Waals surface area contributed by atoms with Gasteiger partial charge in [0, 0.05) is 6.54 Å². The van der Waals surface area contributed by atoms with E-state index in [1.54, 1.807) is 4.90 Å². The molecule has 0 radical (unpaired) electrons. The number of halogens is 1. The lowest BCUT2D eigenvalue weighted by Gasteiger charge is -2.21. The van der Waals surface area contributed by atoms with E-state index < -0.39 is 0 Å². The van der Waals surface area contributed by atoms with Crippen molar-refractivity contribution >= 4 is 23.2 Å². The average molecular weight is 290 g/mol. The summed E-state index contributed by atoms with van der Waals surface area (Å²) < 4.78 is 5.63. The Balaban J connectivity index is 1.97. The monoisotopic (exact) mass is 289 g/mol. The third kappa shape index (κ3) is 2.44. The second kappa shape index (κ2) is 5.46. The maximum absolute atomic E-state index is 12.6. The minimum absolute atomic E-state index is 0.202. The number of hydrogen-bond donors (Lipinski definition) is 0. The first kappa shape index (κ1) is 12.9. The highest BCUT2D eigenvalue weighted by molar-refractivity contribution is 6.29. The molecule has 2 aromatic rings. The number of aromatic nitrogens is 2. The number of nitrogens with zero attached hydrogens (tertiary/aromatic N) is 3. The zero-order valence-corrected chi connectivity index (χ0v) is 11.4. The lowest BCUT2D eigenvalue weighted by molar-refractivity contribution is 0.0982. The van der Waals surface area contributed by atoms with Crippen molar-refractivity contribution in [3.63, 3.8) is 0 Å². The molecule has 0 spiro atoms. The van der Waals surface area contributed by atoms with Crippen LogP contribution in [-0.2, 0) is 0 Å². The molecule has 1 amide bonds. The highest BCUT2D eigenvalue weighted by atomic mass is 35.5. The molecule has 0 bridgehead atoms. The molecular weight excluding hydrogens is 278 g/mol. The van der Waals surface area contributed by atoms with Gasteiger partial charge in [0.15, 0.2) is 0 Å². The smallest absolute Gasteiger partial charge is 0.278 e. The number of carbonyl (C=O) groups excluding carboxylic acids is 1. The van der Waals surface area contributed by atoms with Crippen molar-refractivity contribution in [2.24, 2.45) is 0 Å². The van der Waals surface area contributed by atoms with E-state index in [4.69, 9.17) is 16.3 Å². The van der Waals surface area contributed by atoms with E-state index >= 15 is 0 Å². The van der Waals surface area contributed by atoms with Gasteiger partial charge in [-0.05, 0) is 18.6 Å². The van der Waals surface area contributed by atoms with Crippen LogP contribution in [0.25, 0.3) is 0 Å². The van der Waals surface area contributed by atoms with Crippen molar-refractivity contribution in [2.75, 3.05) is 18.1 Å². The van der Waals surface area contributed by atoms with Gasteiger partial charge in [-0.15, -0.1) is 0 Å². The highest BCUT2D eigenvalue weighted by Crippen LogP contribution is 2.31. The van der Waals surface area contributed by atoms with Crippen molar-refractivity contribution in [1.29, 1.82) is 0 Å². The van der Waals surface area contributed by atoms with Crippen LogP contribution >= 0.6 is 11.6 Å². The Morgan fingerprint density at radius 1 is 1.25 bits per heavy atom. The van der Waals surface area contributed by atoms with Crippen molar-refractivity contribution in [1.82, 2.24) is 9.97 Å². The third-order valence-corrected chi connectivity index (χ3v) is 3.22. The fourth-order valence-corrected chi connectivity index (χ4v) is 2.20. The van der Waals surface area contributed by atoms with Crippen LogP contribution in [0.2, 0.25) is 5.15 Å². The largest absolute Gasteiger partial charge is 0.491 e. The van der Waals surface area contributed by atoms with E-state index in [-0.39, 0.29) is 16.8 Å². The first-order valence-corrected chi connectivity index (χ1v) is 6.65. The standard InChI is InChI=1S/C14H12ClN3O2/c15-13-9-16-10(8-17-13)14(19)18-6-3-7-20-12-5-2-1-4-11(12)18/h1-2,4-5,8-9H,3,6-7H2. The molecule has 5 nitrogen and oxygen atoms in total. The zero-order chi connectivity index (χ0) is 13.9. The summed E-state index contributed by atoms with van der Waals surface area (Å²) in [5.41, 5.74) is 1.03. The number of rotatable bonds is 1. The van der Waals surface area contributed by atoms with Crippen LogP contribution in [0.1, 0.15) is 16.9 Å². The average Bonchev–Trinajstić information content (AvgIpc) is 2.69. The SMILES string of the molecule is O=C(c1cnc(Cl)cn1)N1CCCOc2ccccc21. The Morgan fingerprint density at radius 2 is 2.10 bits per heavy atom. The van der Waals surface area contributed by atoms with Crippen LogP contribution in [0.5, 0.6) is 5.75 Å². The molecule has 0 saturated heterocycles. The van der Waals surface area contributed by atoms with Gasteiger partial charge in [-0.2, -0.15) is 0 Å². The van der Waals surface area contributed by atoms with Crippen molar-refractivity contribution in [2.45, 2.75) is 6.42 Å². The molecule has 0 atom stereocenters. The van der Waals surface area contributed by atoms with Crippen LogP contribution in [0.4, 0.5) is 5.69 Å². The van der Waals surface area contributed by atoms with Crippen LogP contribution in [-0.4, -0.2) is 29.0 Å². The van der Waals surface area contributed by atoms with E-state index in [2.05, 4.69) is 9.97 Å². The Hall–Kier alpha value is -2.14. The lowest BCUT2D eigenvalue weighted by atomic mass is 10.2. The maximum atomic E-state index is 12.6. The number of amides is 1. The molecule has 2 heterocycles. The van der Waals surface area contributed by atoms with E-state index in [1.165, 1.54) is 12.4 Å². The number of carbonyl (C=O) groups is 1. The second-order valence-electron chi connectivity index (χ2n) is 4.35. The van der Waals surface area contributed by atoms with E-state index in [9.17, 15) is 4.79 Å². The van der Waals surface area contributed by atoms with Crippen molar-refractivity contribution < 1.29 is 9.53 Å². The summed E-state index contributed by atoms with van der Waals surface area (Å²) in [6.07, 6.45) is 3.52. The molecule has 6 heteroatoms. The van der Waals surface area contributed by atoms with E-state index in [1.807, 2.05) is 24.3 Å². The number of ether oxygens (including phenoxy) is 1. The topological polar surface area (TPSA) is 55.3 Å². The molecule has 0 fully saturated rings. The summed E-state index contributed by atoms with van der Waals surface area (Å²) in [6, 6.07) is 7.48. The molecule has 3 rings (SSSR count). The maximum Gasteiger partial charge on any atom is 0.278 e. The first-order valence-electron chi connectivity index (χ1n) is 6.27. The van der Waals surface area contributed by atoms with E-state index in [0.29, 0.717) is 18.9 Å². The molecule has 0 N–H and O–H groups in total. The predicted molar refractivity (Wildman–Crippen MR) is 75.3 cm³/mol. The number of anilines is 1. The summed E-state index contributed by atoms with van der Waals surface area (Å²) in [5, 5.41) is 0.265. The molecule has 1 aliphatic heterocycles. The van der Waals surface area contributed by atoms with Gasteiger partial charge in [0.25, 0.3) is 5.91 Å².